The lowest BCUT2D eigenvalue weighted by molar-refractivity contribution is -0.169. The quantitative estimate of drug-likeness (QED) is 0.591. The van der Waals surface area contributed by atoms with Gasteiger partial charge in [0.2, 0.25) is 0 Å². The summed E-state index contributed by atoms with van der Waals surface area (Å²) in [5.74, 6) is -2.24. The summed E-state index contributed by atoms with van der Waals surface area (Å²) in [5.41, 5.74) is -2.78. The minimum absolute atomic E-state index is 0.227. The first-order valence-corrected chi connectivity index (χ1v) is 3.88. The number of hydrogen-bond donors (Lipinski definition) is 2. The molecule has 2 aliphatic heterocycles. The lowest BCUT2D eigenvalue weighted by Crippen LogP contribution is -2.38. The van der Waals surface area contributed by atoms with E-state index in [1.807, 2.05) is 0 Å². The van der Waals surface area contributed by atoms with E-state index in [2.05, 4.69) is 0 Å². The Morgan fingerprint density at radius 3 is 1.62 bits per heavy atom. The van der Waals surface area contributed by atoms with Crippen molar-refractivity contribution in [1.82, 2.24) is 0 Å². The van der Waals surface area contributed by atoms with E-state index in [0.29, 0.717) is 0 Å². The van der Waals surface area contributed by atoms with Crippen LogP contribution in [0.1, 0.15) is 12.8 Å². The van der Waals surface area contributed by atoms with Gasteiger partial charge in [-0.3, -0.25) is 0 Å². The fourth-order valence-electron chi connectivity index (χ4n) is 1.75. The molecule has 70 valence electrons. The van der Waals surface area contributed by atoms with Gasteiger partial charge in [-0.15, -0.1) is 0 Å². The molecule has 0 aliphatic carbocycles. The van der Waals surface area contributed by atoms with Gasteiger partial charge in [-0.2, -0.15) is 0 Å². The van der Waals surface area contributed by atoms with Crippen molar-refractivity contribution in [3.63, 3.8) is 0 Å². The van der Waals surface area contributed by atoms with Crippen LogP contribution < -0.4 is 0 Å². The highest BCUT2D eigenvalue weighted by atomic mass is 16.6. The molecule has 2 N–H and O–H groups in total. The van der Waals surface area contributed by atoms with Gasteiger partial charge in [0.1, 0.15) is 0 Å². The number of carbonyl (C=O) groups is 2. The highest BCUT2D eigenvalue weighted by Gasteiger charge is 2.59. The number of fused-ring (bicyclic) bond motifs is 2. The molecule has 0 aromatic carbocycles. The van der Waals surface area contributed by atoms with Crippen LogP contribution in [0.15, 0.2) is 12.2 Å². The molecule has 0 amide bonds. The Balaban J connectivity index is 2.36. The van der Waals surface area contributed by atoms with Gasteiger partial charge in [0.15, 0.2) is 11.2 Å². The second-order valence-corrected chi connectivity index (χ2v) is 3.32. The van der Waals surface area contributed by atoms with Crippen molar-refractivity contribution in [3.8, 4) is 0 Å². The summed E-state index contributed by atoms with van der Waals surface area (Å²) < 4.78 is 5.06. The Labute approximate surface area is 73.6 Å². The molecule has 0 radical (unpaired) electrons. The smallest absolute Gasteiger partial charge is 0.340 e. The Morgan fingerprint density at radius 2 is 1.46 bits per heavy atom. The lowest BCUT2D eigenvalue weighted by Gasteiger charge is -2.17. The molecular weight excluding hydrogens is 176 g/mol. The number of hydrogen-bond acceptors (Lipinski definition) is 3. The van der Waals surface area contributed by atoms with E-state index in [1.54, 1.807) is 0 Å². The number of rotatable bonds is 2. The summed E-state index contributed by atoms with van der Waals surface area (Å²) >= 11 is 0. The molecule has 13 heavy (non-hydrogen) atoms. The number of carboxylic acid groups (broad SMARTS) is 2. The minimum atomic E-state index is -1.39. The summed E-state index contributed by atoms with van der Waals surface area (Å²) in [6.07, 6.45) is 3.11. The van der Waals surface area contributed by atoms with E-state index >= 15 is 0 Å². The Hall–Kier alpha value is -1.36. The average molecular weight is 184 g/mol. The van der Waals surface area contributed by atoms with Gasteiger partial charge >= 0.3 is 11.9 Å². The predicted molar refractivity (Wildman–Crippen MR) is 40.2 cm³/mol. The van der Waals surface area contributed by atoms with Crippen LogP contribution >= 0.6 is 0 Å². The molecule has 1 saturated heterocycles. The van der Waals surface area contributed by atoms with Crippen LogP contribution in [0, 0.1) is 0 Å². The molecule has 0 aromatic rings. The fourth-order valence-corrected chi connectivity index (χ4v) is 1.75. The van der Waals surface area contributed by atoms with Crippen LogP contribution in [-0.4, -0.2) is 33.4 Å². The molecule has 1 fully saturated rings. The summed E-state index contributed by atoms with van der Waals surface area (Å²) in [6, 6.07) is 0. The highest BCUT2D eigenvalue weighted by molar-refractivity contribution is 5.88. The van der Waals surface area contributed by atoms with E-state index in [0.717, 1.165) is 0 Å². The molecule has 0 spiro atoms. The van der Waals surface area contributed by atoms with Crippen LogP contribution in [0.25, 0.3) is 0 Å². The molecule has 2 unspecified atom stereocenters. The maximum absolute atomic E-state index is 10.8. The molecule has 0 aromatic heterocycles. The summed E-state index contributed by atoms with van der Waals surface area (Å²) in [7, 11) is 0. The number of aliphatic carboxylic acids is 2. The Kier molecular flexibility index (Phi) is 1.34. The van der Waals surface area contributed by atoms with Gasteiger partial charge < -0.3 is 14.9 Å². The van der Waals surface area contributed by atoms with Crippen molar-refractivity contribution in [2.75, 3.05) is 0 Å². The molecule has 2 aliphatic rings. The van der Waals surface area contributed by atoms with E-state index < -0.39 is 23.1 Å². The lowest BCUT2D eigenvalue weighted by atomic mass is 9.89. The summed E-state index contributed by atoms with van der Waals surface area (Å²) in [5, 5.41) is 17.6. The van der Waals surface area contributed by atoms with Crippen molar-refractivity contribution >= 4 is 11.9 Å². The van der Waals surface area contributed by atoms with E-state index in [9.17, 15) is 9.59 Å². The highest BCUT2D eigenvalue weighted by Crippen LogP contribution is 2.45. The van der Waals surface area contributed by atoms with Gasteiger partial charge in [-0.25, -0.2) is 9.59 Å². The van der Waals surface area contributed by atoms with Gasteiger partial charge in [0, 0.05) is 0 Å². The first kappa shape index (κ1) is 8.25. The van der Waals surface area contributed by atoms with Gasteiger partial charge in [-0.05, 0) is 25.0 Å². The van der Waals surface area contributed by atoms with Crippen molar-refractivity contribution < 1.29 is 24.5 Å². The predicted octanol–water partition coefficient (Wildman–Crippen LogP) is 0.0134. The van der Waals surface area contributed by atoms with Gasteiger partial charge in [0.05, 0.1) is 0 Å². The maximum Gasteiger partial charge on any atom is 0.340 e. The molecule has 2 bridgehead atoms. The molecule has 2 heterocycles. The standard InChI is InChI=1S/C8H8O5/c9-5(10)7-1-2-8(13-7,4-3-7)6(11)12/h1-2H,3-4H2,(H,9,10)(H,11,12). The van der Waals surface area contributed by atoms with Crippen molar-refractivity contribution in [2.24, 2.45) is 0 Å². The molecule has 2 atom stereocenters. The zero-order chi connectivity index (χ0) is 9.69. The normalized spacial score (nSPS) is 40.9. The van der Waals surface area contributed by atoms with Crippen LogP contribution in [-0.2, 0) is 14.3 Å². The zero-order valence-electron chi connectivity index (χ0n) is 6.69. The number of carboxylic acids is 2. The third kappa shape index (κ3) is 0.846. The van der Waals surface area contributed by atoms with Gasteiger partial charge in [0.25, 0.3) is 0 Å². The fraction of sp³-hybridized carbons (Fsp3) is 0.500. The van der Waals surface area contributed by atoms with Crippen molar-refractivity contribution in [2.45, 2.75) is 24.0 Å². The first-order chi connectivity index (χ1) is 6.01. The minimum Gasteiger partial charge on any atom is -0.479 e. The van der Waals surface area contributed by atoms with Crippen LogP contribution in [0.4, 0.5) is 0 Å². The second kappa shape index (κ2) is 2.11. The molecule has 0 saturated carbocycles. The maximum atomic E-state index is 10.8. The molecule has 5 nitrogen and oxygen atoms in total. The summed E-state index contributed by atoms with van der Waals surface area (Å²) in [6.45, 7) is 0. The molecular formula is C8H8O5. The van der Waals surface area contributed by atoms with Crippen LogP contribution in [0.2, 0.25) is 0 Å². The van der Waals surface area contributed by atoms with E-state index in [4.69, 9.17) is 14.9 Å². The SMILES string of the molecule is O=C(O)C12C=CC(C(=O)O)(CC1)O2. The monoisotopic (exact) mass is 184 g/mol. The third-order valence-electron chi connectivity index (χ3n) is 2.58. The van der Waals surface area contributed by atoms with Crippen LogP contribution in [0.5, 0.6) is 0 Å². The summed E-state index contributed by atoms with van der Waals surface area (Å²) in [4.78, 5) is 21.6. The zero-order valence-corrected chi connectivity index (χ0v) is 6.69. The van der Waals surface area contributed by atoms with Crippen molar-refractivity contribution in [3.05, 3.63) is 12.2 Å². The first-order valence-electron chi connectivity index (χ1n) is 3.88. The third-order valence-corrected chi connectivity index (χ3v) is 2.58. The van der Waals surface area contributed by atoms with Crippen LogP contribution in [0.3, 0.4) is 0 Å². The van der Waals surface area contributed by atoms with E-state index in [-0.39, 0.29) is 12.8 Å². The Morgan fingerprint density at radius 1 is 1.08 bits per heavy atom. The molecule has 2 rings (SSSR count). The largest absolute Gasteiger partial charge is 0.479 e. The molecule has 5 heteroatoms. The second-order valence-electron chi connectivity index (χ2n) is 3.32. The Bertz CT molecular complexity index is 290. The topological polar surface area (TPSA) is 83.8 Å². The van der Waals surface area contributed by atoms with Gasteiger partial charge in [-0.1, -0.05) is 0 Å². The number of ether oxygens (including phenoxy) is 1. The average Bonchev–Trinajstić information content (AvgIpc) is 2.61. The van der Waals surface area contributed by atoms with E-state index in [1.165, 1.54) is 12.2 Å². The van der Waals surface area contributed by atoms with Crippen molar-refractivity contribution in [1.29, 1.82) is 0 Å².